The summed E-state index contributed by atoms with van der Waals surface area (Å²) < 4.78 is 0. The van der Waals surface area contributed by atoms with Gasteiger partial charge in [-0.05, 0) is 23.5 Å². The van der Waals surface area contributed by atoms with Gasteiger partial charge in [-0.1, -0.05) is 26.5 Å². The van der Waals surface area contributed by atoms with E-state index in [2.05, 4.69) is 43.6 Å². The van der Waals surface area contributed by atoms with E-state index < -0.39 is 0 Å². The Morgan fingerprint density at radius 3 is 3.00 bits per heavy atom. The quantitative estimate of drug-likeness (QED) is 0.555. The Balaban J connectivity index is 2.32. The molecule has 1 heterocycles. The van der Waals surface area contributed by atoms with Gasteiger partial charge in [0.25, 0.3) is 0 Å². The summed E-state index contributed by atoms with van der Waals surface area (Å²) >= 11 is 0. The van der Waals surface area contributed by atoms with Gasteiger partial charge in [-0.2, -0.15) is 0 Å². The van der Waals surface area contributed by atoms with Crippen molar-refractivity contribution in [2.45, 2.75) is 20.3 Å². The van der Waals surface area contributed by atoms with Gasteiger partial charge in [-0.25, -0.2) is 0 Å². The molecule has 68 valence electrons. The lowest BCUT2D eigenvalue weighted by atomic mass is 9.83. The fourth-order valence-electron chi connectivity index (χ4n) is 1.97. The number of hydrogen-bond acceptors (Lipinski definition) is 1. The van der Waals surface area contributed by atoms with E-state index in [1.165, 1.54) is 11.3 Å². The highest BCUT2D eigenvalue weighted by Crippen LogP contribution is 2.36. The summed E-state index contributed by atoms with van der Waals surface area (Å²) in [7, 11) is 0. The van der Waals surface area contributed by atoms with Gasteiger partial charge in [0, 0.05) is 12.1 Å². The first-order valence-electron chi connectivity index (χ1n) is 4.79. The zero-order chi connectivity index (χ0) is 9.42. The highest BCUT2D eigenvalue weighted by molar-refractivity contribution is 5.40. The first-order chi connectivity index (χ1) is 6.22. The van der Waals surface area contributed by atoms with Crippen LogP contribution in [0.2, 0.25) is 0 Å². The highest BCUT2D eigenvalue weighted by atomic mass is 14.9. The molecule has 13 heavy (non-hydrogen) atoms. The smallest absolute Gasteiger partial charge is 0.0617 e. The van der Waals surface area contributed by atoms with E-state index in [4.69, 9.17) is 0 Å². The first-order valence-corrected chi connectivity index (χ1v) is 4.79. The van der Waals surface area contributed by atoms with Crippen molar-refractivity contribution in [2.24, 2.45) is 11.8 Å². The van der Waals surface area contributed by atoms with Crippen molar-refractivity contribution in [2.75, 3.05) is 0 Å². The summed E-state index contributed by atoms with van der Waals surface area (Å²) in [5.41, 5.74) is 6.85. The Kier molecular flexibility index (Phi) is 1.90. The Morgan fingerprint density at radius 1 is 1.54 bits per heavy atom. The number of hydrogen-bond donors (Lipinski definition) is 1. The molecule has 1 unspecified atom stereocenters. The molecule has 0 radical (unpaired) electrons. The van der Waals surface area contributed by atoms with E-state index in [1.807, 2.05) is 0 Å². The van der Waals surface area contributed by atoms with Crippen LogP contribution in [0.3, 0.4) is 0 Å². The lowest BCUT2D eigenvalue weighted by Crippen LogP contribution is -2.13. The minimum absolute atomic E-state index is 0.651. The molecule has 2 aliphatic rings. The van der Waals surface area contributed by atoms with Crippen molar-refractivity contribution in [3.8, 4) is 0 Å². The summed E-state index contributed by atoms with van der Waals surface area (Å²) in [6.07, 6.45) is 5.46. The molecule has 0 fully saturated rings. The molecular formula is C12H15N. The predicted octanol–water partition coefficient (Wildman–Crippen LogP) is 2.74. The summed E-state index contributed by atoms with van der Waals surface area (Å²) in [5, 5.41) is 3.33. The van der Waals surface area contributed by atoms with Crippen LogP contribution in [-0.2, 0) is 0 Å². The van der Waals surface area contributed by atoms with E-state index in [0.717, 1.165) is 12.1 Å². The molecule has 1 aliphatic carbocycles. The van der Waals surface area contributed by atoms with Crippen LogP contribution in [0.1, 0.15) is 20.3 Å². The normalized spacial score (nSPS) is 31.4. The van der Waals surface area contributed by atoms with Gasteiger partial charge in [-0.15, -0.1) is 5.73 Å². The van der Waals surface area contributed by atoms with Gasteiger partial charge in [0.1, 0.15) is 0 Å². The topological polar surface area (TPSA) is 12.0 Å². The van der Waals surface area contributed by atoms with E-state index in [-0.39, 0.29) is 0 Å². The molecule has 2 rings (SSSR count). The van der Waals surface area contributed by atoms with Crippen molar-refractivity contribution in [3.05, 3.63) is 41.4 Å². The molecule has 1 aliphatic heterocycles. The second-order valence-electron chi connectivity index (χ2n) is 3.90. The number of rotatable bonds is 0. The van der Waals surface area contributed by atoms with E-state index >= 15 is 0 Å². The molecule has 0 saturated carbocycles. The van der Waals surface area contributed by atoms with Crippen LogP contribution in [0, 0.1) is 11.8 Å². The molecule has 0 aromatic rings. The van der Waals surface area contributed by atoms with Crippen LogP contribution < -0.4 is 5.32 Å². The molecule has 1 nitrogen and oxygen atoms in total. The summed E-state index contributed by atoms with van der Waals surface area (Å²) in [6.45, 7) is 8.22. The SMILES string of the molecule is C=C=C1CC2=C(C=C[C@H](C)C2C)N1. The van der Waals surface area contributed by atoms with Crippen LogP contribution in [0.15, 0.2) is 41.4 Å². The molecule has 0 amide bonds. The molecular weight excluding hydrogens is 158 g/mol. The monoisotopic (exact) mass is 173 g/mol. The summed E-state index contributed by atoms with van der Waals surface area (Å²) in [4.78, 5) is 0. The number of nitrogens with one attached hydrogen (secondary N) is 1. The molecule has 0 aromatic carbocycles. The van der Waals surface area contributed by atoms with Gasteiger partial charge < -0.3 is 5.32 Å². The maximum atomic E-state index is 3.67. The van der Waals surface area contributed by atoms with Crippen LogP contribution in [0.25, 0.3) is 0 Å². The highest BCUT2D eigenvalue weighted by Gasteiger charge is 2.26. The van der Waals surface area contributed by atoms with Gasteiger partial charge in [0.15, 0.2) is 0 Å². The lowest BCUT2D eigenvalue weighted by Gasteiger charge is -2.22. The second-order valence-corrected chi connectivity index (χ2v) is 3.90. The van der Waals surface area contributed by atoms with Crippen molar-refractivity contribution < 1.29 is 0 Å². The van der Waals surface area contributed by atoms with Crippen molar-refractivity contribution in [3.63, 3.8) is 0 Å². The van der Waals surface area contributed by atoms with Gasteiger partial charge >= 0.3 is 0 Å². The van der Waals surface area contributed by atoms with E-state index in [9.17, 15) is 0 Å². The van der Waals surface area contributed by atoms with Crippen LogP contribution in [0.5, 0.6) is 0 Å². The zero-order valence-corrected chi connectivity index (χ0v) is 8.22. The third-order valence-corrected chi connectivity index (χ3v) is 3.12. The molecule has 0 aromatic heterocycles. The van der Waals surface area contributed by atoms with Gasteiger partial charge in [0.2, 0.25) is 0 Å². The molecule has 1 N–H and O–H groups in total. The average Bonchev–Trinajstić information content (AvgIpc) is 2.55. The third kappa shape index (κ3) is 1.26. The van der Waals surface area contributed by atoms with Gasteiger partial charge in [-0.3, -0.25) is 0 Å². The minimum Gasteiger partial charge on any atom is -0.352 e. The zero-order valence-electron chi connectivity index (χ0n) is 8.22. The predicted molar refractivity (Wildman–Crippen MR) is 54.9 cm³/mol. The summed E-state index contributed by atoms with van der Waals surface area (Å²) in [5.74, 6) is 1.31. The molecule has 2 atom stereocenters. The van der Waals surface area contributed by atoms with Crippen molar-refractivity contribution in [1.29, 1.82) is 0 Å². The second kappa shape index (κ2) is 2.93. The maximum absolute atomic E-state index is 3.67. The first kappa shape index (κ1) is 8.40. The third-order valence-electron chi connectivity index (χ3n) is 3.12. The number of allylic oxidation sites excluding steroid dienone is 3. The molecule has 0 spiro atoms. The van der Waals surface area contributed by atoms with Gasteiger partial charge in [0.05, 0.1) is 5.70 Å². The fourth-order valence-corrected chi connectivity index (χ4v) is 1.97. The van der Waals surface area contributed by atoms with Crippen LogP contribution >= 0.6 is 0 Å². The molecule has 0 saturated heterocycles. The molecule has 0 bridgehead atoms. The van der Waals surface area contributed by atoms with E-state index in [1.54, 1.807) is 0 Å². The largest absolute Gasteiger partial charge is 0.352 e. The summed E-state index contributed by atoms with van der Waals surface area (Å²) in [6, 6.07) is 0. The van der Waals surface area contributed by atoms with E-state index in [0.29, 0.717) is 11.8 Å². The Morgan fingerprint density at radius 2 is 2.31 bits per heavy atom. The Bertz CT molecular complexity index is 340. The standard InChI is InChI=1S/C12H15N/c1-4-10-7-11-9(3)8(2)5-6-12(11)13-10/h5-6,8-9,13H,1,7H2,2-3H3/t8-,9?/m0/s1. The maximum Gasteiger partial charge on any atom is 0.0617 e. The van der Waals surface area contributed by atoms with Crippen molar-refractivity contribution in [1.82, 2.24) is 5.32 Å². The fraction of sp³-hybridized carbons (Fsp3) is 0.417. The van der Waals surface area contributed by atoms with Crippen LogP contribution in [0.4, 0.5) is 0 Å². The molecule has 1 heteroatoms. The lowest BCUT2D eigenvalue weighted by molar-refractivity contribution is 0.514. The van der Waals surface area contributed by atoms with Crippen LogP contribution in [-0.4, -0.2) is 0 Å². The Labute approximate surface area is 79.5 Å². The minimum atomic E-state index is 0.651. The van der Waals surface area contributed by atoms with Crippen molar-refractivity contribution >= 4 is 0 Å². The Hall–Kier alpha value is -1.20. The average molecular weight is 173 g/mol.